The summed E-state index contributed by atoms with van der Waals surface area (Å²) in [6, 6.07) is 14.1. The highest BCUT2D eigenvalue weighted by Gasteiger charge is 2.32. The fourth-order valence-corrected chi connectivity index (χ4v) is 2.56. The number of rotatable bonds is 6. The van der Waals surface area contributed by atoms with Crippen LogP contribution in [0.3, 0.4) is 0 Å². The molecule has 0 radical (unpaired) electrons. The molecule has 1 N–H and O–H groups in total. The Morgan fingerprint density at radius 1 is 1.12 bits per heavy atom. The minimum atomic E-state index is -0.263. The van der Waals surface area contributed by atoms with Crippen molar-refractivity contribution in [3.05, 3.63) is 65.5 Å². The van der Waals surface area contributed by atoms with Gasteiger partial charge < -0.3 is 15.0 Å². The van der Waals surface area contributed by atoms with Crippen LogP contribution < -0.4 is 10.1 Å². The number of carbonyl (C=O) groups excluding carboxylic acids is 1. The lowest BCUT2D eigenvalue weighted by molar-refractivity contribution is 0.191. The second kappa shape index (κ2) is 7.34. The van der Waals surface area contributed by atoms with E-state index in [2.05, 4.69) is 5.32 Å². The number of hydrogen-bond acceptors (Lipinski definition) is 2. The van der Waals surface area contributed by atoms with Gasteiger partial charge in [0.2, 0.25) is 0 Å². The second-order valence-corrected chi connectivity index (χ2v) is 5.99. The van der Waals surface area contributed by atoms with Crippen LogP contribution in [0.15, 0.2) is 48.5 Å². The highest BCUT2D eigenvalue weighted by molar-refractivity contribution is 5.75. The van der Waals surface area contributed by atoms with E-state index < -0.39 is 0 Å². The topological polar surface area (TPSA) is 41.6 Å². The monoisotopic (exact) mass is 328 g/mol. The zero-order valence-electron chi connectivity index (χ0n) is 13.7. The van der Waals surface area contributed by atoms with E-state index >= 15 is 0 Å². The minimum absolute atomic E-state index is 0.0855. The molecule has 0 atom stereocenters. The van der Waals surface area contributed by atoms with E-state index in [4.69, 9.17) is 4.74 Å². The third-order valence-electron chi connectivity index (χ3n) is 4.12. The Hall–Kier alpha value is -2.56. The maximum Gasteiger partial charge on any atom is 0.318 e. The van der Waals surface area contributed by atoms with Gasteiger partial charge in [0.15, 0.2) is 0 Å². The number of carbonyl (C=O) groups is 1. The quantitative estimate of drug-likeness (QED) is 0.878. The molecule has 1 saturated carbocycles. The molecule has 1 fully saturated rings. The molecule has 2 aromatic carbocycles. The number of ether oxygens (including phenoxy) is 1. The third-order valence-corrected chi connectivity index (χ3v) is 4.12. The first-order valence-corrected chi connectivity index (χ1v) is 8.07. The lowest BCUT2D eigenvalue weighted by Gasteiger charge is -2.23. The average molecular weight is 328 g/mol. The number of nitrogens with one attached hydrogen (secondary N) is 1. The van der Waals surface area contributed by atoms with Crippen LogP contribution in [0.2, 0.25) is 0 Å². The predicted molar refractivity (Wildman–Crippen MR) is 90.2 cm³/mol. The van der Waals surface area contributed by atoms with Crippen LogP contribution in [0.4, 0.5) is 9.18 Å². The van der Waals surface area contributed by atoms with Crippen molar-refractivity contribution in [2.24, 2.45) is 0 Å². The van der Waals surface area contributed by atoms with Crippen LogP contribution >= 0.6 is 0 Å². The number of benzene rings is 2. The zero-order chi connectivity index (χ0) is 16.9. The van der Waals surface area contributed by atoms with Gasteiger partial charge >= 0.3 is 6.03 Å². The summed E-state index contributed by atoms with van der Waals surface area (Å²) >= 11 is 0. The molecule has 2 amide bonds. The summed E-state index contributed by atoms with van der Waals surface area (Å²) in [5.74, 6) is 0.529. The molecular formula is C19H21FN2O2. The molecule has 0 unspecified atom stereocenters. The van der Waals surface area contributed by atoms with Crippen molar-refractivity contribution in [1.29, 1.82) is 0 Å². The van der Waals surface area contributed by atoms with Gasteiger partial charge in [0.05, 0.1) is 7.11 Å². The van der Waals surface area contributed by atoms with Crippen LogP contribution in [-0.4, -0.2) is 24.1 Å². The number of nitrogens with zero attached hydrogens (tertiary/aromatic N) is 1. The smallest absolute Gasteiger partial charge is 0.318 e. The number of methoxy groups -OCH3 is 1. The molecule has 0 bridgehead atoms. The maximum absolute atomic E-state index is 13.0. The summed E-state index contributed by atoms with van der Waals surface area (Å²) in [5.41, 5.74) is 1.95. The van der Waals surface area contributed by atoms with Crippen LogP contribution in [0, 0.1) is 5.82 Å². The van der Waals surface area contributed by atoms with E-state index in [-0.39, 0.29) is 17.9 Å². The average Bonchev–Trinajstić information content (AvgIpc) is 3.44. The van der Waals surface area contributed by atoms with Gasteiger partial charge in [-0.05, 0) is 48.2 Å². The standard InChI is InChI=1S/C19H21FN2O2/c1-24-18-10-4-14(5-11-18)12-21-19(23)22(17-8-9-17)13-15-2-6-16(20)7-3-15/h2-7,10-11,17H,8-9,12-13H2,1H3,(H,21,23). The van der Waals surface area contributed by atoms with Crippen LogP contribution in [0.1, 0.15) is 24.0 Å². The SMILES string of the molecule is COc1ccc(CNC(=O)N(Cc2ccc(F)cc2)C2CC2)cc1. The Balaban J connectivity index is 1.58. The summed E-state index contributed by atoms with van der Waals surface area (Å²) in [6.45, 7) is 0.967. The highest BCUT2D eigenvalue weighted by Crippen LogP contribution is 2.28. The maximum atomic E-state index is 13.0. The molecule has 126 valence electrons. The highest BCUT2D eigenvalue weighted by atomic mass is 19.1. The van der Waals surface area contributed by atoms with Gasteiger partial charge in [0.1, 0.15) is 11.6 Å². The molecule has 0 saturated heterocycles. The molecule has 1 aliphatic rings. The van der Waals surface area contributed by atoms with Crippen molar-refractivity contribution in [3.8, 4) is 5.75 Å². The number of amides is 2. The van der Waals surface area contributed by atoms with Gasteiger partial charge in [-0.25, -0.2) is 9.18 Å². The fourth-order valence-electron chi connectivity index (χ4n) is 2.56. The van der Waals surface area contributed by atoms with E-state index in [1.165, 1.54) is 12.1 Å². The molecule has 1 aliphatic carbocycles. The molecule has 0 spiro atoms. The summed E-state index contributed by atoms with van der Waals surface area (Å²) in [7, 11) is 1.62. The summed E-state index contributed by atoms with van der Waals surface area (Å²) < 4.78 is 18.1. The zero-order valence-corrected chi connectivity index (χ0v) is 13.7. The molecule has 0 heterocycles. The lowest BCUT2D eigenvalue weighted by Crippen LogP contribution is -2.40. The van der Waals surface area contributed by atoms with Crippen molar-refractivity contribution < 1.29 is 13.9 Å². The summed E-state index contributed by atoms with van der Waals surface area (Å²) in [5, 5.41) is 2.96. The molecule has 0 aromatic heterocycles. The van der Waals surface area contributed by atoms with Gasteiger partial charge in [-0.3, -0.25) is 0 Å². The number of hydrogen-bond donors (Lipinski definition) is 1. The van der Waals surface area contributed by atoms with Crippen molar-refractivity contribution in [2.45, 2.75) is 32.0 Å². The molecule has 2 aromatic rings. The first-order chi connectivity index (χ1) is 11.7. The van der Waals surface area contributed by atoms with E-state index in [0.29, 0.717) is 13.1 Å². The van der Waals surface area contributed by atoms with E-state index in [1.807, 2.05) is 29.2 Å². The Morgan fingerprint density at radius 3 is 2.33 bits per heavy atom. The van der Waals surface area contributed by atoms with Crippen LogP contribution in [-0.2, 0) is 13.1 Å². The summed E-state index contributed by atoms with van der Waals surface area (Å²) in [4.78, 5) is 14.3. The third kappa shape index (κ3) is 4.25. The van der Waals surface area contributed by atoms with Gasteiger partial charge in [-0.15, -0.1) is 0 Å². The van der Waals surface area contributed by atoms with Crippen molar-refractivity contribution >= 4 is 6.03 Å². The Labute approximate surface area is 141 Å². The van der Waals surface area contributed by atoms with Gasteiger partial charge in [-0.1, -0.05) is 24.3 Å². The number of halogens is 1. The minimum Gasteiger partial charge on any atom is -0.497 e. The predicted octanol–water partition coefficient (Wildman–Crippen LogP) is 3.71. The fraction of sp³-hybridized carbons (Fsp3) is 0.316. The van der Waals surface area contributed by atoms with Gasteiger partial charge in [-0.2, -0.15) is 0 Å². The summed E-state index contributed by atoms with van der Waals surface area (Å²) in [6.07, 6.45) is 2.05. The molecular weight excluding hydrogens is 307 g/mol. The van der Waals surface area contributed by atoms with Crippen LogP contribution in [0.25, 0.3) is 0 Å². The molecule has 4 nitrogen and oxygen atoms in total. The Bertz CT molecular complexity index is 682. The van der Waals surface area contributed by atoms with Crippen molar-refractivity contribution in [1.82, 2.24) is 10.2 Å². The largest absolute Gasteiger partial charge is 0.497 e. The molecule has 24 heavy (non-hydrogen) atoms. The lowest BCUT2D eigenvalue weighted by atomic mass is 10.2. The van der Waals surface area contributed by atoms with Crippen LogP contribution in [0.5, 0.6) is 5.75 Å². The van der Waals surface area contributed by atoms with Crippen molar-refractivity contribution in [2.75, 3.05) is 7.11 Å². The van der Waals surface area contributed by atoms with Crippen molar-refractivity contribution in [3.63, 3.8) is 0 Å². The Morgan fingerprint density at radius 2 is 1.75 bits per heavy atom. The normalized spacial score (nSPS) is 13.4. The Kier molecular flexibility index (Phi) is 4.99. The molecule has 0 aliphatic heterocycles. The van der Waals surface area contributed by atoms with Gasteiger partial charge in [0, 0.05) is 19.1 Å². The number of urea groups is 1. The van der Waals surface area contributed by atoms with E-state index in [0.717, 1.165) is 29.7 Å². The molecule has 3 rings (SSSR count). The van der Waals surface area contributed by atoms with E-state index in [1.54, 1.807) is 19.2 Å². The van der Waals surface area contributed by atoms with Gasteiger partial charge in [0.25, 0.3) is 0 Å². The first-order valence-electron chi connectivity index (χ1n) is 8.07. The molecule has 5 heteroatoms. The van der Waals surface area contributed by atoms with E-state index in [9.17, 15) is 9.18 Å². The first kappa shape index (κ1) is 16.3. The second-order valence-electron chi connectivity index (χ2n) is 5.99.